The van der Waals surface area contributed by atoms with Crippen molar-refractivity contribution in [3.63, 3.8) is 0 Å². The molecule has 0 amide bonds. The first-order valence-corrected chi connectivity index (χ1v) is 9.92. The van der Waals surface area contributed by atoms with Gasteiger partial charge in [0.15, 0.2) is 5.96 Å². The van der Waals surface area contributed by atoms with Gasteiger partial charge in [0.2, 0.25) is 0 Å². The van der Waals surface area contributed by atoms with Crippen LogP contribution in [0.1, 0.15) is 37.7 Å². The van der Waals surface area contributed by atoms with E-state index in [0.29, 0.717) is 10.6 Å². The number of hydrogen-bond acceptors (Lipinski definition) is 2. The number of rotatable bonds is 8. The molecule has 0 aromatic heterocycles. The normalized spacial score (nSPS) is 20.4. The quantitative estimate of drug-likeness (QED) is 0.419. The predicted molar refractivity (Wildman–Crippen MR) is 99.3 cm³/mol. The number of hydrogen-bond donors (Lipinski definition) is 2. The van der Waals surface area contributed by atoms with Gasteiger partial charge in [0.25, 0.3) is 0 Å². The van der Waals surface area contributed by atoms with Crippen molar-refractivity contribution in [1.29, 1.82) is 0 Å². The molecule has 6 heteroatoms. The summed E-state index contributed by atoms with van der Waals surface area (Å²) in [4.78, 5) is 4.60. The predicted octanol–water partition coefficient (Wildman–Crippen LogP) is 4.03. The molecule has 0 bridgehead atoms. The third-order valence-corrected chi connectivity index (χ3v) is 4.88. The van der Waals surface area contributed by atoms with Crippen LogP contribution in [0.4, 0.5) is 4.39 Å². The standard InChI is InChI=1S/C17H25ClFN3S/c1-3-20-17(21-9-4-5-10-23-2)22-15-11-12(15)16-13(18)7-6-8-14(16)19/h6-8,12,15H,3-5,9-11H2,1-2H3,(H2,20,21,22). The highest BCUT2D eigenvalue weighted by molar-refractivity contribution is 7.98. The van der Waals surface area contributed by atoms with E-state index in [1.807, 2.05) is 18.7 Å². The maximum absolute atomic E-state index is 14.0. The topological polar surface area (TPSA) is 36.4 Å². The van der Waals surface area contributed by atoms with Gasteiger partial charge in [0.1, 0.15) is 5.82 Å². The third-order valence-electron chi connectivity index (χ3n) is 3.85. The highest BCUT2D eigenvalue weighted by Gasteiger charge is 2.41. The van der Waals surface area contributed by atoms with E-state index >= 15 is 0 Å². The molecule has 1 aromatic carbocycles. The summed E-state index contributed by atoms with van der Waals surface area (Å²) in [6, 6.07) is 5.07. The van der Waals surface area contributed by atoms with E-state index in [9.17, 15) is 4.39 Å². The van der Waals surface area contributed by atoms with Crippen LogP contribution in [0.15, 0.2) is 23.2 Å². The van der Waals surface area contributed by atoms with Crippen LogP contribution in [0, 0.1) is 5.82 Å². The molecule has 1 aliphatic carbocycles. The van der Waals surface area contributed by atoms with Crippen molar-refractivity contribution < 1.29 is 4.39 Å². The average molecular weight is 358 g/mol. The van der Waals surface area contributed by atoms with Gasteiger partial charge in [-0.3, -0.25) is 4.99 Å². The zero-order valence-corrected chi connectivity index (χ0v) is 15.3. The van der Waals surface area contributed by atoms with Crippen molar-refractivity contribution in [3.8, 4) is 0 Å². The fourth-order valence-corrected chi connectivity index (χ4v) is 3.38. The molecule has 128 valence electrons. The number of thioether (sulfide) groups is 1. The van der Waals surface area contributed by atoms with Gasteiger partial charge < -0.3 is 10.6 Å². The monoisotopic (exact) mass is 357 g/mol. The van der Waals surface area contributed by atoms with Crippen molar-refractivity contribution in [1.82, 2.24) is 10.6 Å². The molecule has 1 fully saturated rings. The maximum atomic E-state index is 14.0. The zero-order valence-electron chi connectivity index (χ0n) is 13.7. The molecule has 0 heterocycles. The van der Waals surface area contributed by atoms with E-state index in [0.717, 1.165) is 31.9 Å². The fraction of sp³-hybridized carbons (Fsp3) is 0.588. The van der Waals surface area contributed by atoms with Crippen LogP contribution in [0.3, 0.4) is 0 Å². The second-order valence-electron chi connectivity index (χ2n) is 5.69. The summed E-state index contributed by atoms with van der Waals surface area (Å²) in [6.45, 7) is 3.67. The SMILES string of the molecule is CCNC(=NCCCCSC)NC1CC1c1c(F)cccc1Cl. The van der Waals surface area contributed by atoms with Crippen LogP contribution in [-0.2, 0) is 0 Å². The number of halogens is 2. The lowest BCUT2D eigenvalue weighted by Gasteiger charge is -2.12. The average Bonchev–Trinajstić information content (AvgIpc) is 3.26. The molecular formula is C17H25ClFN3S. The highest BCUT2D eigenvalue weighted by Crippen LogP contribution is 2.44. The summed E-state index contributed by atoms with van der Waals surface area (Å²) < 4.78 is 14.0. The van der Waals surface area contributed by atoms with E-state index in [2.05, 4.69) is 21.9 Å². The van der Waals surface area contributed by atoms with Crippen molar-refractivity contribution in [3.05, 3.63) is 34.6 Å². The molecular weight excluding hydrogens is 333 g/mol. The van der Waals surface area contributed by atoms with Crippen molar-refractivity contribution in [2.24, 2.45) is 4.99 Å². The minimum Gasteiger partial charge on any atom is -0.357 e. The van der Waals surface area contributed by atoms with Crippen LogP contribution >= 0.6 is 23.4 Å². The number of benzene rings is 1. The second kappa shape index (κ2) is 9.38. The molecule has 1 aromatic rings. The Morgan fingerprint density at radius 3 is 2.96 bits per heavy atom. The molecule has 23 heavy (non-hydrogen) atoms. The number of guanidine groups is 1. The molecule has 1 aliphatic rings. The molecule has 0 saturated heterocycles. The third kappa shape index (κ3) is 5.57. The van der Waals surface area contributed by atoms with Crippen molar-refractivity contribution >= 4 is 29.3 Å². The minimum atomic E-state index is -0.217. The lowest BCUT2D eigenvalue weighted by Crippen LogP contribution is -2.39. The summed E-state index contributed by atoms with van der Waals surface area (Å²) in [6.07, 6.45) is 5.28. The highest BCUT2D eigenvalue weighted by atomic mass is 35.5. The Balaban J connectivity index is 1.88. The first-order valence-electron chi connectivity index (χ1n) is 8.15. The summed E-state index contributed by atoms with van der Waals surface area (Å²) in [5.41, 5.74) is 0.627. The summed E-state index contributed by atoms with van der Waals surface area (Å²) >= 11 is 8.01. The lowest BCUT2D eigenvalue weighted by atomic mass is 10.1. The van der Waals surface area contributed by atoms with Gasteiger partial charge in [0, 0.05) is 35.6 Å². The Bertz CT molecular complexity index is 518. The van der Waals surface area contributed by atoms with Crippen LogP contribution in [-0.4, -0.2) is 37.1 Å². The fourth-order valence-electron chi connectivity index (χ4n) is 2.58. The van der Waals surface area contributed by atoms with E-state index in [4.69, 9.17) is 11.6 Å². The van der Waals surface area contributed by atoms with Gasteiger partial charge in [-0.15, -0.1) is 0 Å². The Morgan fingerprint density at radius 2 is 2.26 bits per heavy atom. The zero-order chi connectivity index (χ0) is 16.7. The first kappa shape index (κ1) is 18.4. The van der Waals surface area contributed by atoms with Gasteiger partial charge in [-0.1, -0.05) is 17.7 Å². The van der Waals surface area contributed by atoms with Crippen LogP contribution in [0.2, 0.25) is 5.02 Å². The Morgan fingerprint density at radius 1 is 1.43 bits per heavy atom. The lowest BCUT2D eigenvalue weighted by molar-refractivity contribution is 0.608. The van der Waals surface area contributed by atoms with E-state index < -0.39 is 0 Å². The van der Waals surface area contributed by atoms with Crippen LogP contribution < -0.4 is 10.6 Å². The largest absolute Gasteiger partial charge is 0.357 e. The van der Waals surface area contributed by atoms with Crippen molar-refractivity contribution in [2.45, 2.75) is 38.1 Å². The Labute approximate surface area is 147 Å². The summed E-state index contributed by atoms with van der Waals surface area (Å²) in [7, 11) is 0. The van der Waals surface area contributed by atoms with Gasteiger partial charge in [-0.25, -0.2) is 4.39 Å². The van der Waals surface area contributed by atoms with Crippen LogP contribution in [0.5, 0.6) is 0 Å². The smallest absolute Gasteiger partial charge is 0.191 e. The number of nitrogens with one attached hydrogen (secondary N) is 2. The van der Waals surface area contributed by atoms with E-state index in [-0.39, 0.29) is 17.8 Å². The maximum Gasteiger partial charge on any atom is 0.191 e. The summed E-state index contributed by atoms with van der Waals surface area (Å²) in [5.74, 6) is 1.90. The molecule has 0 aliphatic heterocycles. The molecule has 2 unspecified atom stereocenters. The molecule has 2 N–H and O–H groups in total. The molecule has 2 rings (SSSR count). The molecule has 2 atom stereocenters. The number of unbranched alkanes of at least 4 members (excludes halogenated alkanes) is 1. The van der Waals surface area contributed by atoms with Gasteiger partial charge in [0.05, 0.1) is 0 Å². The molecule has 3 nitrogen and oxygen atoms in total. The van der Waals surface area contributed by atoms with Gasteiger partial charge >= 0.3 is 0 Å². The van der Waals surface area contributed by atoms with E-state index in [1.165, 1.54) is 18.2 Å². The number of aliphatic imine (C=N–C) groups is 1. The molecule has 1 saturated carbocycles. The van der Waals surface area contributed by atoms with E-state index in [1.54, 1.807) is 12.1 Å². The van der Waals surface area contributed by atoms with Crippen LogP contribution in [0.25, 0.3) is 0 Å². The summed E-state index contributed by atoms with van der Waals surface area (Å²) in [5, 5.41) is 7.16. The Kier molecular flexibility index (Phi) is 7.50. The molecule has 0 radical (unpaired) electrons. The first-order chi connectivity index (χ1) is 11.2. The molecule has 0 spiro atoms. The van der Waals surface area contributed by atoms with Gasteiger partial charge in [-0.05, 0) is 50.3 Å². The number of nitrogens with zero attached hydrogens (tertiary/aromatic N) is 1. The van der Waals surface area contributed by atoms with Gasteiger partial charge in [-0.2, -0.15) is 11.8 Å². The second-order valence-corrected chi connectivity index (χ2v) is 7.08. The Hall–Kier alpha value is -0.940. The minimum absolute atomic E-state index is 0.129. The van der Waals surface area contributed by atoms with Crippen molar-refractivity contribution in [2.75, 3.05) is 25.1 Å².